The van der Waals surface area contributed by atoms with Crippen LogP contribution in [0.2, 0.25) is 0 Å². The molecule has 0 fully saturated rings. The Balaban J connectivity index is 2.10. The van der Waals surface area contributed by atoms with Crippen LogP contribution >= 0.6 is 0 Å². The molecule has 1 aromatic rings. The Kier molecular flexibility index (Phi) is 4.27. The molecule has 0 radical (unpaired) electrons. The lowest BCUT2D eigenvalue weighted by atomic mass is 10.1. The zero-order valence-corrected chi connectivity index (χ0v) is 12.1. The summed E-state index contributed by atoms with van der Waals surface area (Å²) in [5.41, 5.74) is 1.86. The minimum atomic E-state index is -0.335. The fourth-order valence-electron chi connectivity index (χ4n) is 2.05. The molecule has 1 heterocycles. The van der Waals surface area contributed by atoms with Gasteiger partial charge in [0, 0.05) is 6.54 Å². The maximum atomic E-state index is 11.9. The molecular weight excluding hydrogens is 256 g/mol. The van der Waals surface area contributed by atoms with Gasteiger partial charge in [-0.2, -0.15) is 0 Å². The van der Waals surface area contributed by atoms with Crippen LogP contribution in [0.1, 0.15) is 19.4 Å². The predicted octanol–water partition coefficient (Wildman–Crippen LogP) is 1.49. The number of carbonyl (C=O) groups is 2. The van der Waals surface area contributed by atoms with Crippen molar-refractivity contribution in [2.45, 2.75) is 20.8 Å². The van der Waals surface area contributed by atoms with Gasteiger partial charge in [-0.25, -0.2) is 4.79 Å². The minimum Gasteiger partial charge on any atom is -0.423 e. The zero-order chi connectivity index (χ0) is 14.7. The lowest BCUT2D eigenvalue weighted by Gasteiger charge is -2.29. The average Bonchev–Trinajstić information content (AvgIpc) is 2.37. The molecule has 0 saturated heterocycles. The van der Waals surface area contributed by atoms with Crippen molar-refractivity contribution in [3.8, 4) is 5.75 Å². The van der Waals surface area contributed by atoms with Crippen molar-refractivity contribution in [3.05, 3.63) is 23.8 Å². The van der Waals surface area contributed by atoms with Gasteiger partial charge in [0.05, 0.1) is 12.2 Å². The number of nitrogens with zero attached hydrogens (tertiary/aromatic N) is 1. The van der Waals surface area contributed by atoms with Gasteiger partial charge >= 0.3 is 5.97 Å². The fourth-order valence-corrected chi connectivity index (χ4v) is 2.05. The van der Waals surface area contributed by atoms with Crippen LogP contribution in [-0.2, 0) is 9.59 Å². The number of ether oxygens (including phenoxy) is 1. The van der Waals surface area contributed by atoms with E-state index in [2.05, 4.69) is 5.32 Å². The van der Waals surface area contributed by atoms with Gasteiger partial charge in [-0.3, -0.25) is 4.79 Å². The lowest BCUT2D eigenvalue weighted by Crippen LogP contribution is -2.44. The summed E-state index contributed by atoms with van der Waals surface area (Å²) < 4.78 is 5.18. The molecule has 5 nitrogen and oxygen atoms in total. The maximum absolute atomic E-state index is 11.9. The van der Waals surface area contributed by atoms with Crippen LogP contribution in [0.15, 0.2) is 18.2 Å². The van der Waals surface area contributed by atoms with Gasteiger partial charge in [-0.1, -0.05) is 19.9 Å². The summed E-state index contributed by atoms with van der Waals surface area (Å²) in [4.78, 5) is 25.2. The molecular formula is C15H20N2O3. The highest BCUT2D eigenvalue weighted by Gasteiger charge is 2.25. The molecule has 108 valence electrons. The van der Waals surface area contributed by atoms with E-state index in [1.54, 1.807) is 11.0 Å². The quantitative estimate of drug-likeness (QED) is 0.668. The van der Waals surface area contributed by atoms with E-state index < -0.39 is 0 Å². The van der Waals surface area contributed by atoms with Gasteiger partial charge in [-0.05, 0) is 30.5 Å². The van der Waals surface area contributed by atoms with E-state index >= 15 is 0 Å². The topological polar surface area (TPSA) is 58.6 Å². The zero-order valence-electron chi connectivity index (χ0n) is 12.1. The van der Waals surface area contributed by atoms with E-state index in [9.17, 15) is 9.59 Å². The smallest absolute Gasteiger partial charge is 0.331 e. The van der Waals surface area contributed by atoms with E-state index in [0.717, 1.165) is 11.3 Å². The number of fused-ring (bicyclic) bond motifs is 1. The second kappa shape index (κ2) is 5.94. The Bertz CT molecular complexity index is 526. The number of amides is 1. The van der Waals surface area contributed by atoms with Crippen molar-refractivity contribution in [2.75, 3.05) is 24.5 Å². The van der Waals surface area contributed by atoms with Crippen LogP contribution in [0, 0.1) is 12.8 Å². The van der Waals surface area contributed by atoms with E-state index in [1.807, 2.05) is 32.9 Å². The fraction of sp³-hybridized carbons (Fsp3) is 0.467. The Morgan fingerprint density at radius 1 is 1.45 bits per heavy atom. The molecule has 1 N–H and O–H groups in total. The normalized spacial score (nSPS) is 14.0. The van der Waals surface area contributed by atoms with Gasteiger partial charge in [0.1, 0.15) is 6.54 Å². The van der Waals surface area contributed by atoms with E-state index in [1.165, 1.54) is 0 Å². The lowest BCUT2D eigenvalue weighted by molar-refractivity contribution is -0.133. The molecule has 0 atom stereocenters. The Morgan fingerprint density at radius 2 is 2.20 bits per heavy atom. The molecule has 5 heteroatoms. The third kappa shape index (κ3) is 3.50. The molecule has 0 aliphatic carbocycles. The van der Waals surface area contributed by atoms with Crippen LogP contribution in [0.4, 0.5) is 5.69 Å². The van der Waals surface area contributed by atoms with Crippen molar-refractivity contribution in [1.82, 2.24) is 5.32 Å². The summed E-state index contributed by atoms with van der Waals surface area (Å²) >= 11 is 0. The molecule has 2 rings (SSSR count). The molecule has 1 amide bonds. The van der Waals surface area contributed by atoms with Gasteiger partial charge < -0.3 is 15.0 Å². The third-order valence-corrected chi connectivity index (χ3v) is 3.04. The van der Waals surface area contributed by atoms with Gasteiger partial charge in [0.2, 0.25) is 5.91 Å². The number of rotatable bonds is 4. The van der Waals surface area contributed by atoms with Crippen LogP contribution in [-0.4, -0.2) is 31.5 Å². The van der Waals surface area contributed by atoms with Crippen molar-refractivity contribution < 1.29 is 14.3 Å². The van der Waals surface area contributed by atoms with Crippen LogP contribution in [0.25, 0.3) is 0 Å². The summed E-state index contributed by atoms with van der Waals surface area (Å²) in [5.74, 6) is 0.502. The van der Waals surface area contributed by atoms with Crippen molar-refractivity contribution >= 4 is 17.6 Å². The number of hydrogen-bond donors (Lipinski definition) is 1. The maximum Gasteiger partial charge on any atom is 0.331 e. The standard InChI is InChI=1S/C15H20N2O3/c1-10(2)7-16-14(18)8-17-9-15(19)20-13-5-4-11(3)6-12(13)17/h4-6,10H,7-9H2,1-3H3,(H,16,18). The van der Waals surface area contributed by atoms with Crippen LogP contribution in [0.5, 0.6) is 5.75 Å². The molecule has 20 heavy (non-hydrogen) atoms. The first-order valence-corrected chi connectivity index (χ1v) is 6.78. The highest BCUT2D eigenvalue weighted by atomic mass is 16.5. The molecule has 1 aliphatic rings. The monoisotopic (exact) mass is 276 g/mol. The second-order valence-corrected chi connectivity index (χ2v) is 5.50. The number of nitrogens with one attached hydrogen (secondary N) is 1. The Labute approximate surface area is 118 Å². The molecule has 0 aromatic heterocycles. The molecule has 0 spiro atoms. The molecule has 1 aliphatic heterocycles. The predicted molar refractivity (Wildman–Crippen MR) is 76.9 cm³/mol. The highest BCUT2D eigenvalue weighted by Crippen LogP contribution is 2.32. The van der Waals surface area contributed by atoms with Gasteiger partial charge in [-0.15, -0.1) is 0 Å². The SMILES string of the molecule is Cc1ccc2c(c1)N(CC(=O)NCC(C)C)CC(=O)O2. The second-order valence-electron chi connectivity index (χ2n) is 5.50. The minimum absolute atomic E-state index is 0.0825. The van der Waals surface area contributed by atoms with Crippen LogP contribution < -0.4 is 15.0 Å². The number of aryl methyl sites for hydroxylation is 1. The third-order valence-electron chi connectivity index (χ3n) is 3.04. The van der Waals surface area contributed by atoms with Gasteiger partial charge in [0.25, 0.3) is 0 Å². The van der Waals surface area contributed by atoms with Crippen molar-refractivity contribution in [1.29, 1.82) is 0 Å². The van der Waals surface area contributed by atoms with Crippen molar-refractivity contribution in [2.24, 2.45) is 5.92 Å². The molecule has 0 bridgehead atoms. The van der Waals surface area contributed by atoms with Crippen molar-refractivity contribution in [3.63, 3.8) is 0 Å². The summed E-state index contributed by atoms with van der Waals surface area (Å²) in [7, 11) is 0. The molecule has 0 unspecified atom stereocenters. The van der Waals surface area contributed by atoms with Gasteiger partial charge in [0.15, 0.2) is 5.75 Å². The number of carbonyl (C=O) groups excluding carboxylic acids is 2. The first-order valence-electron chi connectivity index (χ1n) is 6.78. The number of esters is 1. The Morgan fingerprint density at radius 3 is 2.90 bits per heavy atom. The number of anilines is 1. The largest absolute Gasteiger partial charge is 0.423 e. The summed E-state index contributed by atoms with van der Waals surface area (Å²) in [6, 6.07) is 5.58. The molecule has 1 aromatic carbocycles. The first kappa shape index (κ1) is 14.4. The highest BCUT2D eigenvalue weighted by molar-refractivity contribution is 5.89. The summed E-state index contributed by atoms with van der Waals surface area (Å²) in [5, 5.41) is 2.86. The molecule has 0 saturated carbocycles. The average molecular weight is 276 g/mol. The summed E-state index contributed by atoms with van der Waals surface area (Å²) in [6.07, 6.45) is 0. The van der Waals surface area contributed by atoms with E-state index in [4.69, 9.17) is 4.74 Å². The number of hydrogen-bond acceptors (Lipinski definition) is 4. The number of benzene rings is 1. The summed E-state index contributed by atoms with van der Waals surface area (Å²) in [6.45, 7) is 6.95. The van der Waals surface area contributed by atoms with E-state index in [0.29, 0.717) is 18.2 Å². The van der Waals surface area contributed by atoms with Crippen LogP contribution in [0.3, 0.4) is 0 Å². The Hall–Kier alpha value is -2.04. The first-order chi connectivity index (χ1) is 9.45. The van der Waals surface area contributed by atoms with E-state index in [-0.39, 0.29) is 25.0 Å².